The minimum absolute atomic E-state index is 0.119. The van der Waals surface area contributed by atoms with Crippen molar-refractivity contribution in [1.82, 2.24) is 19.6 Å². The van der Waals surface area contributed by atoms with Crippen molar-refractivity contribution in [2.24, 2.45) is 0 Å². The second-order valence-electron chi connectivity index (χ2n) is 7.37. The summed E-state index contributed by atoms with van der Waals surface area (Å²) in [6.45, 7) is 8.70. The Labute approximate surface area is 156 Å². The highest BCUT2D eigenvalue weighted by Gasteiger charge is 2.26. The van der Waals surface area contributed by atoms with Crippen LogP contribution in [0.25, 0.3) is 5.69 Å². The van der Waals surface area contributed by atoms with Crippen LogP contribution in [0.2, 0.25) is 0 Å². The second kappa shape index (κ2) is 8.04. The highest BCUT2D eigenvalue weighted by Crippen LogP contribution is 2.20. The molecule has 5 heteroatoms. The molecule has 0 aliphatic carbocycles. The van der Waals surface area contributed by atoms with Crippen molar-refractivity contribution in [3.8, 4) is 5.69 Å². The summed E-state index contributed by atoms with van der Waals surface area (Å²) in [6.07, 6.45) is 3.50. The molecule has 1 atom stereocenters. The van der Waals surface area contributed by atoms with Crippen LogP contribution in [0.3, 0.4) is 0 Å². The molecule has 1 aliphatic heterocycles. The Hall–Kier alpha value is -2.14. The average Bonchev–Trinajstić information content (AvgIpc) is 2.96. The predicted octanol–water partition coefficient (Wildman–Crippen LogP) is 3.32. The van der Waals surface area contributed by atoms with Gasteiger partial charge >= 0.3 is 0 Å². The Bertz CT molecular complexity index is 747. The molecule has 0 unspecified atom stereocenters. The van der Waals surface area contributed by atoms with Crippen molar-refractivity contribution in [1.29, 1.82) is 0 Å². The van der Waals surface area contributed by atoms with Gasteiger partial charge in [0, 0.05) is 30.9 Å². The van der Waals surface area contributed by atoms with E-state index in [1.54, 1.807) is 0 Å². The maximum atomic E-state index is 12.8. The number of nitrogens with zero attached hydrogens (tertiary/aromatic N) is 4. The molecule has 2 aromatic rings. The molecule has 5 nitrogen and oxygen atoms in total. The lowest BCUT2D eigenvalue weighted by Gasteiger charge is -2.32. The van der Waals surface area contributed by atoms with E-state index >= 15 is 0 Å². The van der Waals surface area contributed by atoms with Crippen molar-refractivity contribution in [3.63, 3.8) is 0 Å². The highest BCUT2D eigenvalue weighted by atomic mass is 16.2. The predicted molar refractivity (Wildman–Crippen MR) is 104 cm³/mol. The Kier molecular flexibility index (Phi) is 5.77. The summed E-state index contributed by atoms with van der Waals surface area (Å²) < 4.78 is 2.00. The molecule has 26 heavy (non-hydrogen) atoms. The van der Waals surface area contributed by atoms with Gasteiger partial charge < -0.3 is 4.90 Å². The topological polar surface area (TPSA) is 41.4 Å². The fourth-order valence-electron chi connectivity index (χ4n) is 3.68. The third kappa shape index (κ3) is 3.83. The van der Waals surface area contributed by atoms with E-state index < -0.39 is 0 Å². The Morgan fingerprint density at radius 3 is 2.46 bits per heavy atom. The van der Waals surface area contributed by atoms with Gasteiger partial charge in [-0.2, -0.15) is 5.10 Å². The number of amides is 1. The summed E-state index contributed by atoms with van der Waals surface area (Å²) in [7, 11) is 2.03. The first-order valence-corrected chi connectivity index (χ1v) is 9.58. The van der Waals surface area contributed by atoms with E-state index in [0.717, 1.165) is 49.6 Å². The van der Waals surface area contributed by atoms with Crippen LogP contribution >= 0.6 is 0 Å². The standard InChI is InChI=1S/C21H30N4O/c1-16-20(17(2)25(22-16)19-11-7-5-8-12-19)15-23(4)18(3)21(26)24-13-9-6-10-14-24/h5,7-8,11-12,18H,6,9-10,13-15H2,1-4H3/t18-/m0/s1. The molecule has 1 aliphatic rings. The largest absolute Gasteiger partial charge is 0.341 e. The van der Waals surface area contributed by atoms with Crippen molar-refractivity contribution in [2.75, 3.05) is 20.1 Å². The number of aromatic nitrogens is 2. The van der Waals surface area contributed by atoms with Crippen LogP contribution in [0.1, 0.15) is 43.1 Å². The van der Waals surface area contributed by atoms with Crippen LogP contribution in [0.5, 0.6) is 0 Å². The van der Waals surface area contributed by atoms with Crippen LogP contribution in [-0.4, -0.2) is 51.7 Å². The minimum atomic E-state index is -0.119. The van der Waals surface area contributed by atoms with Crippen molar-refractivity contribution in [2.45, 2.75) is 52.6 Å². The SMILES string of the molecule is Cc1nn(-c2ccccc2)c(C)c1CN(C)[C@@H](C)C(=O)N1CCCCC1. The monoisotopic (exact) mass is 354 g/mol. The molecule has 3 rings (SSSR count). The molecule has 1 aromatic heterocycles. The summed E-state index contributed by atoms with van der Waals surface area (Å²) in [6, 6.07) is 10.1. The average molecular weight is 354 g/mol. The fraction of sp³-hybridized carbons (Fsp3) is 0.524. The van der Waals surface area contributed by atoms with Gasteiger partial charge in [-0.3, -0.25) is 9.69 Å². The molecule has 1 aromatic carbocycles. The number of para-hydroxylation sites is 1. The quantitative estimate of drug-likeness (QED) is 0.827. The molecule has 140 valence electrons. The van der Waals surface area contributed by atoms with E-state index in [1.165, 1.54) is 12.0 Å². The van der Waals surface area contributed by atoms with E-state index in [4.69, 9.17) is 5.10 Å². The van der Waals surface area contributed by atoms with E-state index in [0.29, 0.717) is 0 Å². The van der Waals surface area contributed by atoms with Crippen LogP contribution in [0.15, 0.2) is 30.3 Å². The number of rotatable bonds is 5. The fourth-order valence-corrected chi connectivity index (χ4v) is 3.68. The van der Waals surface area contributed by atoms with E-state index in [2.05, 4.69) is 24.0 Å². The zero-order chi connectivity index (χ0) is 18.7. The zero-order valence-corrected chi connectivity index (χ0v) is 16.4. The van der Waals surface area contributed by atoms with Crippen molar-refractivity contribution >= 4 is 5.91 Å². The number of benzene rings is 1. The molecule has 1 fully saturated rings. The molecule has 2 heterocycles. The summed E-state index contributed by atoms with van der Waals surface area (Å²) in [5.41, 5.74) is 4.43. The van der Waals surface area contributed by atoms with Crippen molar-refractivity contribution in [3.05, 3.63) is 47.3 Å². The third-order valence-electron chi connectivity index (χ3n) is 5.54. The Balaban J connectivity index is 1.74. The molecule has 0 radical (unpaired) electrons. The number of hydrogen-bond acceptors (Lipinski definition) is 3. The van der Waals surface area contributed by atoms with Crippen LogP contribution < -0.4 is 0 Å². The van der Waals surface area contributed by atoms with Crippen LogP contribution in [0, 0.1) is 13.8 Å². The van der Waals surface area contributed by atoms with Gasteiger partial charge in [0.25, 0.3) is 0 Å². The number of piperidine rings is 1. The molecular weight excluding hydrogens is 324 g/mol. The first-order chi connectivity index (χ1) is 12.5. The molecule has 0 spiro atoms. The molecule has 1 amide bonds. The summed E-state index contributed by atoms with van der Waals surface area (Å²) in [5, 5.41) is 4.72. The van der Waals surface area contributed by atoms with E-state index in [1.807, 2.05) is 48.7 Å². The summed E-state index contributed by atoms with van der Waals surface area (Å²) in [5.74, 6) is 0.248. The molecule has 1 saturated heterocycles. The van der Waals surface area contributed by atoms with Gasteiger partial charge in [-0.15, -0.1) is 0 Å². The van der Waals surface area contributed by atoms with Gasteiger partial charge in [-0.05, 0) is 59.2 Å². The molecular formula is C21H30N4O. The van der Waals surface area contributed by atoms with Gasteiger partial charge in [0.05, 0.1) is 17.4 Å². The van der Waals surface area contributed by atoms with E-state index in [-0.39, 0.29) is 11.9 Å². The van der Waals surface area contributed by atoms with E-state index in [9.17, 15) is 4.79 Å². The number of aryl methyl sites for hydroxylation is 1. The van der Waals surface area contributed by atoms with Gasteiger partial charge in [0.1, 0.15) is 0 Å². The Morgan fingerprint density at radius 2 is 1.81 bits per heavy atom. The molecule has 0 N–H and O–H groups in total. The Morgan fingerprint density at radius 1 is 1.15 bits per heavy atom. The lowest BCUT2D eigenvalue weighted by Crippen LogP contribution is -2.47. The van der Waals surface area contributed by atoms with Gasteiger partial charge in [0.2, 0.25) is 5.91 Å². The maximum Gasteiger partial charge on any atom is 0.239 e. The number of carbonyl (C=O) groups is 1. The number of carbonyl (C=O) groups excluding carboxylic acids is 1. The number of likely N-dealkylation sites (N-methyl/N-ethyl adjacent to an activating group) is 1. The normalized spacial score (nSPS) is 16.1. The third-order valence-corrected chi connectivity index (χ3v) is 5.54. The lowest BCUT2D eigenvalue weighted by molar-refractivity contribution is -0.137. The second-order valence-corrected chi connectivity index (χ2v) is 7.37. The van der Waals surface area contributed by atoms with Gasteiger partial charge in [-0.1, -0.05) is 18.2 Å². The van der Waals surface area contributed by atoms with Gasteiger partial charge in [-0.25, -0.2) is 4.68 Å². The summed E-state index contributed by atoms with van der Waals surface area (Å²) in [4.78, 5) is 17.0. The highest BCUT2D eigenvalue weighted by molar-refractivity contribution is 5.81. The molecule has 0 saturated carbocycles. The number of likely N-dealkylation sites (tertiary alicyclic amines) is 1. The first-order valence-electron chi connectivity index (χ1n) is 9.58. The van der Waals surface area contributed by atoms with Gasteiger partial charge in [0.15, 0.2) is 0 Å². The molecule has 0 bridgehead atoms. The smallest absolute Gasteiger partial charge is 0.239 e. The summed E-state index contributed by atoms with van der Waals surface area (Å²) >= 11 is 0. The number of hydrogen-bond donors (Lipinski definition) is 0. The van der Waals surface area contributed by atoms with Crippen LogP contribution in [0.4, 0.5) is 0 Å². The van der Waals surface area contributed by atoms with Crippen molar-refractivity contribution < 1.29 is 4.79 Å². The van der Waals surface area contributed by atoms with Crippen LogP contribution in [-0.2, 0) is 11.3 Å². The lowest BCUT2D eigenvalue weighted by atomic mass is 10.1. The minimum Gasteiger partial charge on any atom is -0.341 e. The zero-order valence-electron chi connectivity index (χ0n) is 16.4. The maximum absolute atomic E-state index is 12.8. The first kappa shape index (κ1) is 18.6.